The van der Waals surface area contributed by atoms with Crippen LogP contribution in [0.2, 0.25) is 0 Å². The summed E-state index contributed by atoms with van der Waals surface area (Å²) in [5.74, 6) is 0.00666. The first kappa shape index (κ1) is 18.2. The van der Waals surface area contributed by atoms with E-state index in [1.54, 1.807) is 4.90 Å². The third kappa shape index (κ3) is 4.05. The average Bonchev–Trinajstić information content (AvgIpc) is 3.27. The van der Waals surface area contributed by atoms with Gasteiger partial charge in [0.05, 0.1) is 36.0 Å². The molecule has 1 amide bonds. The Kier molecular flexibility index (Phi) is 5.52. The average molecular weight is 386 g/mol. The topological polar surface area (TPSA) is 60.6 Å². The van der Waals surface area contributed by atoms with Crippen LogP contribution in [0.4, 0.5) is 0 Å². The molecule has 0 aliphatic carbocycles. The molecule has 142 valence electrons. The molecule has 0 radical (unpaired) electrons. The van der Waals surface area contributed by atoms with Gasteiger partial charge >= 0.3 is 0 Å². The molecule has 1 fully saturated rings. The number of rotatable bonds is 6. The fourth-order valence-corrected chi connectivity index (χ4v) is 4.54. The van der Waals surface area contributed by atoms with E-state index in [1.807, 2.05) is 48.0 Å². The van der Waals surface area contributed by atoms with Gasteiger partial charge in [-0.2, -0.15) is 5.10 Å². The maximum Gasteiger partial charge on any atom is 0.261 e. The summed E-state index contributed by atoms with van der Waals surface area (Å²) in [7, 11) is 0. The molecular weight excluding hydrogens is 360 g/mol. The van der Waals surface area contributed by atoms with Crippen LogP contribution in [0.25, 0.3) is 15.9 Å². The summed E-state index contributed by atoms with van der Waals surface area (Å²) >= 11 is 1.50. The molecule has 7 heteroatoms. The number of thiophene rings is 1. The van der Waals surface area contributed by atoms with Crippen LogP contribution < -0.4 is 10.2 Å². The van der Waals surface area contributed by atoms with E-state index in [2.05, 4.69) is 10.4 Å². The van der Waals surface area contributed by atoms with Gasteiger partial charge in [0.15, 0.2) is 0 Å². The second-order valence-electron chi connectivity index (χ2n) is 6.88. The zero-order valence-corrected chi connectivity index (χ0v) is 16.3. The molecule has 3 aromatic rings. The van der Waals surface area contributed by atoms with E-state index in [0.717, 1.165) is 65.7 Å². The lowest BCUT2D eigenvalue weighted by Gasteiger charge is -2.23. The van der Waals surface area contributed by atoms with Crippen LogP contribution in [0, 0.1) is 6.92 Å². The van der Waals surface area contributed by atoms with E-state index in [9.17, 15) is 4.79 Å². The fourth-order valence-electron chi connectivity index (χ4n) is 3.44. The van der Waals surface area contributed by atoms with Gasteiger partial charge in [-0.15, -0.1) is 11.3 Å². The van der Waals surface area contributed by atoms with Gasteiger partial charge < -0.3 is 15.0 Å². The van der Waals surface area contributed by atoms with E-state index in [-0.39, 0.29) is 5.91 Å². The van der Waals surface area contributed by atoms with Crippen LogP contribution in [0.15, 0.2) is 36.4 Å². The predicted octanol–water partition coefficient (Wildman–Crippen LogP) is 1.43. The normalized spacial score (nSPS) is 15.3. The van der Waals surface area contributed by atoms with E-state index >= 15 is 0 Å². The Morgan fingerprint density at radius 3 is 2.85 bits per heavy atom. The smallest absolute Gasteiger partial charge is 0.261 e. The number of para-hydroxylation sites is 1. The molecule has 0 atom stereocenters. The number of benzene rings is 1. The van der Waals surface area contributed by atoms with Gasteiger partial charge in [-0.05, 0) is 25.1 Å². The molecule has 1 saturated heterocycles. The zero-order valence-electron chi connectivity index (χ0n) is 15.5. The fraction of sp³-hybridized carbons (Fsp3) is 0.400. The standard InChI is InChI=1S/C20H24N4O2S/c1-15-17-14-18(19(25)21-8-5-9-23-10-12-26-13-11-23)27-20(17)24(22-15)16-6-3-2-4-7-16/h2-4,6-7,14H,5,8-13H2,1H3,(H,21,25)/p+1. The molecule has 0 unspecified atom stereocenters. The number of aryl methyl sites for hydroxylation is 1. The number of aromatic nitrogens is 2. The number of nitrogens with zero attached hydrogens (tertiary/aromatic N) is 2. The van der Waals surface area contributed by atoms with Crippen molar-refractivity contribution >= 4 is 27.5 Å². The third-order valence-corrected chi connectivity index (χ3v) is 6.07. The van der Waals surface area contributed by atoms with Crippen molar-refractivity contribution < 1.29 is 14.4 Å². The molecule has 1 aliphatic rings. The highest BCUT2D eigenvalue weighted by atomic mass is 32.1. The van der Waals surface area contributed by atoms with Crippen LogP contribution in [0.1, 0.15) is 21.8 Å². The summed E-state index contributed by atoms with van der Waals surface area (Å²) in [5.41, 5.74) is 1.96. The Labute approximate surface area is 162 Å². The molecule has 4 rings (SSSR count). The number of carbonyl (C=O) groups is 1. The summed E-state index contributed by atoms with van der Waals surface area (Å²) in [5, 5.41) is 8.74. The molecule has 1 aliphatic heterocycles. The number of hydrogen-bond acceptors (Lipinski definition) is 4. The first-order valence-corrected chi connectivity index (χ1v) is 10.3. The molecule has 0 saturated carbocycles. The Bertz CT molecular complexity index is 913. The Balaban J connectivity index is 1.40. The highest BCUT2D eigenvalue weighted by Crippen LogP contribution is 2.30. The number of carbonyl (C=O) groups excluding carboxylic acids is 1. The predicted molar refractivity (Wildman–Crippen MR) is 107 cm³/mol. The minimum absolute atomic E-state index is 0.00666. The Morgan fingerprint density at radius 1 is 1.30 bits per heavy atom. The number of morpholine rings is 1. The minimum Gasteiger partial charge on any atom is -0.370 e. The number of fused-ring (bicyclic) bond motifs is 1. The number of nitrogens with one attached hydrogen (secondary N) is 2. The number of ether oxygens (including phenoxy) is 1. The van der Waals surface area contributed by atoms with Crippen molar-refractivity contribution in [2.24, 2.45) is 0 Å². The van der Waals surface area contributed by atoms with E-state index in [4.69, 9.17) is 4.74 Å². The lowest BCUT2D eigenvalue weighted by Crippen LogP contribution is -3.14. The Morgan fingerprint density at radius 2 is 2.07 bits per heavy atom. The van der Waals surface area contributed by atoms with E-state index in [1.165, 1.54) is 11.3 Å². The third-order valence-electron chi connectivity index (χ3n) is 4.96. The maximum absolute atomic E-state index is 12.6. The van der Waals surface area contributed by atoms with Gasteiger partial charge in [0.2, 0.25) is 0 Å². The summed E-state index contributed by atoms with van der Waals surface area (Å²) in [6.45, 7) is 7.61. The van der Waals surface area contributed by atoms with Crippen molar-refractivity contribution in [1.29, 1.82) is 0 Å². The molecule has 2 aromatic heterocycles. The lowest BCUT2D eigenvalue weighted by atomic mass is 10.3. The number of hydrogen-bond donors (Lipinski definition) is 2. The van der Waals surface area contributed by atoms with Crippen molar-refractivity contribution in [1.82, 2.24) is 15.1 Å². The monoisotopic (exact) mass is 385 g/mol. The largest absolute Gasteiger partial charge is 0.370 e. The van der Waals surface area contributed by atoms with Gasteiger partial charge in [0.25, 0.3) is 5.91 Å². The molecule has 27 heavy (non-hydrogen) atoms. The van der Waals surface area contributed by atoms with Gasteiger partial charge in [0.1, 0.15) is 17.9 Å². The summed E-state index contributed by atoms with van der Waals surface area (Å²) in [6, 6.07) is 12.0. The highest BCUT2D eigenvalue weighted by Gasteiger charge is 2.17. The van der Waals surface area contributed by atoms with E-state index in [0.29, 0.717) is 6.54 Å². The van der Waals surface area contributed by atoms with Crippen molar-refractivity contribution in [3.05, 3.63) is 47.0 Å². The lowest BCUT2D eigenvalue weighted by molar-refractivity contribution is -0.908. The summed E-state index contributed by atoms with van der Waals surface area (Å²) in [4.78, 5) is 15.9. The minimum atomic E-state index is 0.00666. The Hall–Kier alpha value is -2.22. The van der Waals surface area contributed by atoms with Crippen molar-refractivity contribution in [3.8, 4) is 5.69 Å². The maximum atomic E-state index is 12.6. The first-order chi connectivity index (χ1) is 13.2. The zero-order chi connectivity index (χ0) is 18.6. The highest BCUT2D eigenvalue weighted by molar-refractivity contribution is 7.20. The van der Waals surface area contributed by atoms with Crippen molar-refractivity contribution in [3.63, 3.8) is 0 Å². The van der Waals surface area contributed by atoms with Gasteiger partial charge in [-0.25, -0.2) is 4.68 Å². The quantitative estimate of drug-likeness (QED) is 0.631. The summed E-state index contributed by atoms with van der Waals surface area (Å²) < 4.78 is 7.30. The molecule has 2 N–H and O–H groups in total. The van der Waals surface area contributed by atoms with Crippen molar-refractivity contribution in [2.45, 2.75) is 13.3 Å². The van der Waals surface area contributed by atoms with Crippen LogP contribution >= 0.6 is 11.3 Å². The van der Waals surface area contributed by atoms with Crippen LogP contribution in [-0.2, 0) is 4.74 Å². The van der Waals surface area contributed by atoms with Gasteiger partial charge in [-0.3, -0.25) is 4.79 Å². The van der Waals surface area contributed by atoms with Crippen LogP contribution in [0.3, 0.4) is 0 Å². The second kappa shape index (κ2) is 8.21. The molecule has 0 bridgehead atoms. The second-order valence-corrected chi connectivity index (χ2v) is 7.91. The van der Waals surface area contributed by atoms with E-state index < -0.39 is 0 Å². The summed E-state index contributed by atoms with van der Waals surface area (Å²) in [6.07, 6.45) is 0.989. The number of amides is 1. The molecule has 0 spiro atoms. The van der Waals surface area contributed by atoms with Gasteiger partial charge in [-0.1, -0.05) is 18.2 Å². The molecule has 6 nitrogen and oxygen atoms in total. The van der Waals surface area contributed by atoms with Crippen LogP contribution in [-0.4, -0.2) is 55.1 Å². The molecular formula is C20H25N4O2S+. The van der Waals surface area contributed by atoms with Gasteiger partial charge in [0, 0.05) is 18.4 Å². The van der Waals surface area contributed by atoms with Crippen molar-refractivity contribution in [2.75, 3.05) is 39.4 Å². The number of quaternary nitrogens is 1. The SMILES string of the molecule is Cc1nn(-c2ccccc2)c2sc(C(=O)NCCC[NH+]3CCOCC3)cc12. The van der Waals surface area contributed by atoms with Crippen LogP contribution in [0.5, 0.6) is 0 Å². The molecule has 3 heterocycles. The molecule has 1 aromatic carbocycles. The first-order valence-electron chi connectivity index (χ1n) is 9.46.